The summed E-state index contributed by atoms with van der Waals surface area (Å²) in [5.41, 5.74) is 0. The monoisotopic (exact) mass is 373 g/mol. The van der Waals surface area contributed by atoms with Crippen LogP contribution in [0.4, 0.5) is 4.79 Å². The fourth-order valence-electron chi connectivity index (χ4n) is 3.84. The van der Waals surface area contributed by atoms with Crippen molar-refractivity contribution in [1.29, 1.82) is 0 Å². The number of ether oxygens (including phenoxy) is 2. The maximum atomic E-state index is 12.5. The summed E-state index contributed by atoms with van der Waals surface area (Å²) in [6.07, 6.45) is 4.87. The number of nitrogens with one attached hydrogen (secondary N) is 1. The minimum Gasteiger partial charge on any atom is -0.493 e. The number of amides is 2. The van der Waals surface area contributed by atoms with Crippen LogP contribution < -0.4 is 14.8 Å². The summed E-state index contributed by atoms with van der Waals surface area (Å²) in [5, 5.41) is 3.11. The number of para-hydroxylation sites is 2. The summed E-state index contributed by atoms with van der Waals surface area (Å²) < 4.78 is 11.4. The average Bonchev–Trinajstić information content (AvgIpc) is 3.15. The van der Waals surface area contributed by atoms with Crippen molar-refractivity contribution in [2.45, 2.75) is 25.4 Å². The van der Waals surface area contributed by atoms with Crippen LogP contribution in [0.25, 0.3) is 0 Å². The lowest BCUT2D eigenvalue weighted by atomic mass is 10.1. The normalized spacial score (nSPS) is 21.1. The molecule has 2 aliphatic rings. The first kappa shape index (κ1) is 19.5. The van der Waals surface area contributed by atoms with E-state index in [0.29, 0.717) is 5.92 Å². The van der Waals surface area contributed by atoms with Crippen molar-refractivity contribution < 1.29 is 14.3 Å². The molecule has 2 saturated heterocycles. The van der Waals surface area contributed by atoms with Crippen LogP contribution in [0.5, 0.6) is 11.5 Å². The van der Waals surface area contributed by atoms with Gasteiger partial charge in [0, 0.05) is 45.6 Å². The molecule has 27 heavy (non-hydrogen) atoms. The standard InChI is InChI=1S/C21H31N3O3/c1-3-11-23-12-8-17(16-23)15-22-21(25)24-13-9-18(10-14-24)27-20-7-5-4-6-19(20)26-2/h3-7,17-18H,1,8-16H2,2H3,(H,22,25). The van der Waals surface area contributed by atoms with Gasteiger partial charge in [0.15, 0.2) is 11.5 Å². The van der Waals surface area contributed by atoms with Crippen molar-refractivity contribution in [3.8, 4) is 11.5 Å². The number of carbonyl (C=O) groups is 1. The van der Waals surface area contributed by atoms with Crippen LogP contribution in [0, 0.1) is 5.92 Å². The van der Waals surface area contributed by atoms with E-state index in [-0.39, 0.29) is 12.1 Å². The van der Waals surface area contributed by atoms with E-state index in [4.69, 9.17) is 9.47 Å². The predicted molar refractivity (Wildman–Crippen MR) is 106 cm³/mol. The molecule has 2 heterocycles. The molecule has 1 aromatic carbocycles. The minimum absolute atomic E-state index is 0.0490. The van der Waals surface area contributed by atoms with Gasteiger partial charge in [-0.25, -0.2) is 4.79 Å². The van der Waals surface area contributed by atoms with Gasteiger partial charge in [-0.2, -0.15) is 0 Å². The minimum atomic E-state index is 0.0490. The van der Waals surface area contributed by atoms with Crippen molar-refractivity contribution in [3.05, 3.63) is 36.9 Å². The molecule has 1 aromatic rings. The number of hydrogen-bond acceptors (Lipinski definition) is 4. The molecule has 6 heteroatoms. The van der Waals surface area contributed by atoms with Crippen LogP contribution in [0.1, 0.15) is 19.3 Å². The molecule has 3 rings (SSSR count). The zero-order valence-electron chi connectivity index (χ0n) is 16.2. The molecule has 2 aliphatic heterocycles. The highest BCUT2D eigenvalue weighted by molar-refractivity contribution is 5.74. The van der Waals surface area contributed by atoms with E-state index in [2.05, 4.69) is 16.8 Å². The number of benzene rings is 1. The van der Waals surface area contributed by atoms with Crippen LogP contribution >= 0.6 is 0 Å². The Kier molecular flexibility index (Phi) is 6.98. The lowest BCUT2D eigenvalue weighted by Gasteiger charge is -2.32. The van der Waals surface area contributed by atoms with Crippen molar-refractivity contribution in [2.75, 3.05) is 46.4 Å². The van der Waals surface area contributed by atoms with Gasteiger partial charge in [-0.05, 0) is 31.0 Å². The van der Waals surface area contributed by atoms with E-state index in [9.17, 15) is 4.79 Å². The van der Waals surface area contributed by atoms with E-state index < -0.39 is 0 Å². The van der Waals surface area contributed by atoms with E-state index in [1.807, 2.05) is 35.2 Å². The summed E-state index contributed by atoms with van der Waals surface area (Å²) in [6.45, 7) is 9.06. The van der Waals surface area contributed by atoms with Gasteiger partial charge in [0.1, 0.15) is 6.10 Å². The van der Waals surface area contributed by atoms with Gasteiger partial charge in [0.25, 0.3) is 0 Å². The van der Waals surface area contributed by atoms with E-state index in [0.717, 1.165) is 70.0 Å². The summed E-state index contributed by atoms with van der Waals surface area (Å²) in [6, 6.07) is 7.75. The maximum Gasteiger partial charge on any atom is 0.317 e. The van der Waals surface area contributed by atoms with Crippen molar-refractivity contribution in [1.82, 2.24) is 15.1 Å². The molecule has 1 atom stereocenters. The molecule has 2 amide bonds. The summed E-state index contributed by atoms with van der Waals surface area (Å²) >= 11 is 0. The lowest BCUT2D eigenvalue weighted by Crippen LogP contribution is -2.47. The van der Waals surface area contributed by atoms with Crippen LogP contribution in [0.3, 0.4) is 0 Å². The second kappa shape index (κ2) is 9.65. The smallest absolute Gasteiger partial charge is 0.317 e. The zero-order valence-corrected chi connectivity index (χ0v) is 16.2. The van der Waals surface area contributed by atoms with Crippen LogP contribution in [0.15, 0.2) is 36.9 Å². The molecule has 0 radical (unpaired) electrons. The van der Waals surface area contributed by atoms with Gasteiger partial charge in [0.2, 0.25) is 0 Å². The fraction of sp³-hybridized carbons (Fsp3) is 0.571. The Balaban J connectivity index is 1.38. The second-order valence-corrected chi connectivity index (χ2v) is 7.34. The number of methoxy groups -OCH3 is 1. The van der Waals surface area contributed by atoms with Crippen molar-refractivity contribution in [2.24, 2.45) is 5.92 Å². The first-order valence-electron chi connectivity index (χ1n) is 9.85. The van der Waals surface area contributed by atoms with Crippen molar-refractivity contribution >= 4 is 6.03 Å². The maximum absolute atomic E-state index is 12.5. The van der Waals surface area contributed by atoms with Gasteiger partial charge in [-0.3, -0.25) is 4.90 Å². The molecular weight excluding hydrogens is 342 g/mol. The van der Waals surface area contributed by atoms with E-state index >= 15 is 0 Å². The van der Waals surface area contributed by atoms with E-state index in [1.165, 1.54) is 0 Å². The molecular formula is C21H31N3O3. The number of rotatable bonds is 7. The van der Waals surface area contributed by atoms with Gasteiger partial charge in [-0.1, -0.05) is 18.2 Å². The zero-order chi connectivity index (χ0) is 19.1. The Morgan fingerprint density at radius 2 is 1.96 bits per heavy atom. The molecule has 148 valence electrons. The van der Waals surface area contributed by atoms with Gasteiger partial charge in [0.05, 0.1) is 7.11 Å². The molecule has 1 unspecified atom stereocenters. The predicted octanol–water partition coefficient (Wildman–Crippen LogP) is 2.76. The third-order valence-electron chi connectivity index (χ3n) is 5.39. The first-order chi connectivity index (χ1) is 13.2. The Hall–Kier alpha value is -2.21. The van der Waals surface area contributed by atoms with Crippen molar-refractivity contribution in [3.63, 3.8) is 0 Å². The number of nitrogens with zero attached hydrogens (tertiary/aromatic N) is 2. The number of likely N-dealkylation sites (tertiary alicyclic amines) is 2. The van der Waals surface area contributed by atoms with Crippen LogP contribution in [-0.4, -0.2) is 68.3 Å². The summed E-state index contributed by atoms with van der Waals surface area (Å²) in [5.74, 6) is 2.06. The van der Waals surface area contributed by atoms with Gasteiger partial charge in [-0.15, -0.1) is 6.58 Å². The number of piperidine rings is 1. The van der Waals surface area contributed by atoms with Gasteiger partial charge >= 0.3 is 6.03 Å². The second-order valence-electron chi connectivity index (χ2n) is 7.34. The molecule has 0 aromatic heterocycles. The summed E-state index contributed by atoms with van der Waals surface area (Å²) in [7, 11) is 1.65. The Bertz CT molecular complexity index is 629. The quantitative estimate of drug-likeness (QED) is 0.747. The Labute approximate surface area is 162 Å². The largest absolute Gasteiger partial charge is 0.493 e. The summed E-state index contributed by atoms with van der Waals surface area (Å²) in [4.78, 5) is 16.7. The Morgan fingerprint density at radius 3 is 2.67 bits per heavy atom. The molecule has 6 nitrogen and oxygen atoms in total. The molecule has 1 N–H and O–H groups in total. The molecule has 0 saturated carbocycles. The first-order valence-corrected chi connectivity index (χ1v) is 9.85. The van der Waals surface area contributed by atoms with E-state index in [1.54, 1.807) is 7.11 Å². The lowest BCUT2D eigenvalue weighted by molar-refractivity contribution is 0.108. The molecule has 2 fully saturated rings. The third kappa shape index (κ3) is 5.39. The molecule has 0 bridgehead atoms. The van der Waals surface area contributed by atoms with Crippen LogP contribution in [0.2, 0.25) is 0 Å². The number of urea groups is 1. The highest BCUT2D eigenvalue weighted by Gasteiger charge is 2.26. The number of carbonyl (C=O) groups excluding carboxylic acids is 1. The highest BCUT2D eigenvalue weighted by Crippen LogP contribution is 2.29. The molecule has 0 aliphatic carbocycles. The third-order valence-corrected chi connectivity index (χ3v) is 5.39. The topological polar surface area (TPSA) is 54.0 Å². The molecule has 0 spiro atoms. The Morgan fingerprint density at radius 1 is 1.22 bits per heavy atom. The fourth-order valence-corrected chi connectivity index (χ4v) is 3.84. The van der Waals surface area contributed by atoms with Crippen LogP contribution in [-0.2, 0) is 0 Å². The van der Waals surface area contributed by atoms with Gasteiger partial charge < -0.3 is 19.7 Å². The average molecular weight is 373 g/mol. The SMILES string of the molecule is C=CCN1CCC(CNC(=O)N2CCC(Oc3ccccc3OC)CC2)C1. The number of hydrogen-bond donors (Lipinski definition) is 1. The highest BCUT2D eigenvalue weighted by atomic mass is 16.5.